The molecule has 0 aromatic rings. The van der Waals surface area contributed by atoms with Crippen molar-refractivity contribution < 1.29 is 9.69 Å². The molecule has 0 amide bonds. The fourth-order valence-electron chi connectivity index (χ4n) is 1.89. The van der Waals surface area contributed by atoms with Crippen LogP contribution in [0.25, 0.3) is 0 Å². The first-order valence-corrected chi connectivity index (χ1v) is 4.69. The third-order valence-corrected chi connectivity index (χ3v) is 2.58. The van der Waals surface area contributed by atoms with Crippen LogP contribution in [0.4, 0.5) is 0 Å². The van der Waals surface area contributed by atoms with Crippen molar-refractivity contribution in [3.63, 3.8) is 0 Å². The van der Waals surface area contributed by atoms with E-state index in [4.69, 9.17) is 5.73 Å². The summed E-state index contributed by atoms with van der Waals surface area (Å²) >= 11 is 0. The van der Waals surface area contributed by atoms with Crippen molar-refractivity contribution >= 4 is 5.78 Å². The molecule has 1 aliphatic heterocycles. The molecule has 70 valence electrons. The lowest BCUT2D eigenvalue weighted by atomic mass is 9.98. The van der Waals surface area contributed by atoms with Gasteiger partial charge >= 0.3 is 0 Å². The molecule has 1 aliphatic rings. The van der Waals surface area contributed by atoms with Gasteiger partial charge in [-0.3, -0.25) is 10.5 Å². The molecule has 0 spiro atoms. The lowest BCUT2D eigenvalue weighted by Gasteiger charge is -2.32. The molecule has 3 unspecified atom stereocenters. The number of carbonyl (C=O) groups is 1. The summed E-state index contributed by atoms with van der Waals surface area (Å²) in [5.74, 6) is 0.966. The largest absolute Gasteiger partial charge is 0.314 e. The maximum Gasteiger partial charge on any atom is 0.183 e. The first-order valence-electron chi connectivity index (χ1n) is 4.69. The first kappa shape index (κ1) is 9.68. The molecule has 0 aromatic heterocycles. The Morgan fingerprint density at radius 1 is 1.58 bits per heavy atom. The van der Waals surface area contributed by atoms with E-state index in [-0.39, 0.29) is 11.9 Å². The molecule has 0 saturated carbocycles. The summed E-state index contributed by atoms with van der Waals surface area (Å²) in [5, 5.41) is 0. The SMILES string of the molecule is CC(=O)C[NH+]1CC(C)CCC1N. The van der Waals surface area contributed by atoms with E-state index in [0.717, 1.165) is 18.9 Å². The summed E-state index contributed by atoms with van der Waals surface area (Å²) in [6, 6.07) is 0. The maximum atomic E-state index is 10.9. The molecule has 0 aliphatic carbocycles. The number of piperidine rings is 1. The molecule has 0 bridgehead atoms. The van der Waals surface area contributed by atoms with Crippen LogP contribution in [-0.4, -0.2) is 25.0 Å². The number of carbonyl (C=O) groups excluding carboxylic acids is 1. The summed E-state index contributed by atoms with van der Waals surface area (Å²) in [5.41, 5.74) is 5.90. The highest BCUT2D eigenvalue weighted by molar-refractivity contribution is 5.76. The number of quaternary nitrogens is 1. The fourth-order valence-corrected chi connectivity index (χ4v) is 1.89. The van der Waals surface area contributed by atoms with Crippen LogP contribution < -0.4 is 10.6 Å². The predicted molar refractivity (Wildman–Crippen MR) is 47.8 cm³/mol. The highest BCUT2D eigenvalue weighted by Gasteiger charge is 2.27. The van der Waals surface area contributed by atoms with Crippen LogP contribution in [0.2, 0.25) is 0 Å². The van der Waals surface area contributed by atoms with Gasteiger partial charge in [-0.15, -0.1) is 0 Å². The van der Waals surface area contributed by atoms with E-state index >= 15 is 0 Å². The van der Waals surface area contributed by atoms with Gasteiger partial charge in [-0.2, -0.15) is 0 Å². The van der Waals surface area contributed by atoms with Crippen molar-refractivity contribution in [3.8, 4) is 0 Å². The molecule has 0 aromatic carbocycles. The van der Waals surface area contributed by atoms with Gasteiger partial charge in [-0.05, 0) is 6.42 Å². The Labute approximate surface area is 73.9 Å². The van der Waals surface area contributed by atoms with E-state index < -0.39 is 0 Å². The highest BCUT2D eigenvalue weighted by Crippen LogP contribution is 2.06. The molecule has 3 atom stereocenters. The number of hydrogen-bond acceptors (Lipinski definition) is 2. The number of likely N-dealkylation sites (tertiary alicyclic amines) is 1. The summed E-state index contributed by atoms with van der Waals surface area (Å²) in [7, 11) is 0. The smallest absolute Gasteiger partial charge is 0.183 e. The van der Waals surface area contributed by atoms with Crippen LogP contribution in [0.15, 0.2) is 0 Å². The van der Waals surface area contributed by atoms with E-state index in [1.807, 2.05) is 0 Å². The van der Waals surface area contributed by atoms with E-state index in [9.17, 15) is 4.79 Å². The standard InChI is InChI=1S/C9H18N2O/c1-7-3-4-9(10)11(5-7)6-8(2)12/h7,9H,3-6,10H2,1-2H3/p+1. The Bertz CT molecular complexity index is 170. The summed E-state index contributed by atoms with van der Waals surface area (Å²) in [4.78, 5) is 12.2. The van der Waals surface area contributed by atoms with Crippen molar-refractivity contribution in [2.75, 3.05) is 13.1 Å². The third-order valence-electron chi connectivity index (χ3n) is 2.58. The minimum atomic E-state index is 0.185. The summed E-state index contributed by atoms with van der Waals surface area (Å²) in [6.07, 6.45) is 2.46. The minimum Gasteiger partial charge on any atom is -0.314 e. The number of nitrogens with one attached hydrogen (secondary N) is 1. The second-order valence-electron chi connectivity index (χ2n) is 4.03. The molecule has 1 rings (SSSR count). The Kier molecular flexibility index (Phi) is 3.23. The van der Waals surface area contributed by atoms with Crippen molar-refractivity contribution in [3.05, 3.63) is 0 Å². The van der Waals surface area contributed by atoms with E-state index in [2.05, 4.69) is 6.92 Å². The van der Waals surface area contributed by atoms with Gasteiger partial charge < -0.3 is 4.90 Å². The van der Waals surface area contributed by atoms with Crippen LogP contribution in [0.3, 0.4) is 0 Å². The fraction of sp³-hybridized carbons (Fsp3) is 0.889. The Morgan fingerprint density at radius 3 is 2.83 bits per heavy atom. The van der Waals surface area contributed by atoms with Gasteiger partial charge in [0.05, 0.1) is 6.54 Å². The zero-order valence-electron chi connectivity index (χ0n) is 7.97. The van der Waals surface area contributed by atoms with Crippen LogP contribution >= 0.6 is 0 Å². The minimum absolute atomic E-state index is 0.185. The predicted octanol–water partition coefficient (Wildman–Crippen LogP) is -0.825. The Hall–Kier alpha value is -0.410. The molecular formula is C9H19N2O+. The van der Waals surface area contributed by atoms with Crippen molar-refractivity contribution in [2.24, 2.45) is 11.7 Å². The molecular weight excluding hydrogens is 152 g/mol. The Balaban J connectivity index is 2.43. The summed E-state index contributed by atoms with van der Waals surface area (Å²) in [6.45, 7) is 5.53. The molecule has 3 heteroatoms. The molecule has 12 heavy (non-hydrogen) atoms. The third kappa shape index (κ3) is 2.57. The van der Waals surface area contributed by atoms with E-state index in [1.54, 1.807) is 6.92 Å². The number of rotatable bonds is 2. The van der Waals surface area contributed by atoms with E-state index in [0.29, 0.717) is 6.54 Å². The van der Waals surface area contributed by atoms with Gasteiger partial charge in [0.1, 0.15) is 12.7 Å². The van der Waals surface area contributed by atoms with Gasteiger partial charge in [0.15, 0.2) is 5.78 Å². The molecule has 1 heterocycles. The van der Waals surface area contributed by atoms with Crippen LogP contribution in [0, 0.1) is 5.92 Å². The number of hydrogen-bond donors (Lipinski definition) is 2. The van der Waals surface area contributed by atoms with Crippen LogP contribution in [0.1, 0.15) is 26.7 Å². The Morgan fingerprint density at radius 2 is 2.25 bits per heavy atom. The van der Waals surface area contributed by atoms with Gasteiger partial charge in [-0.25, -0.2) is 0 Å². The van der Waals surface area contributed by atoms with Crippen molar-refractivity contribution in [1.29, 1.82) is 0 Å². The quantitative estimate of drug-likeness (QED) is 0.570. The summed E-state index contributed by atoms with van der Waals surface area (Å²) < 4.78 is 0. The number of nitrogens with two attached hydrogens (primary N) is 1. The maximum absolute atomic E-state index is 10.9. The normalized spacial score (nSPS) is 36.4. The molecule has 3 nitrogen and oxygen atoms in total. The lowest BCUT2D eigenvalue weighted by Crippen LogP contribution is -3.19. The first-order chi connectivity index (χ1) is 5.59. The van der Waals surface area contributed by atoms with E-state index in [1.165, 1.54) is 11.3 Å². The molecule has 1 saturated heterocycles. The topological polar surface area (TPSA) is 47.5 Å². The van der Waals surface area contributed by atoms with Gasteiger partial charge in [-0.1, -0.05) is 6.92 Å². The molecule has 1 fully saturated rings. The zero-order chi connectivity index (χ0) is 9.14. The highest BCUT2D eigenvalue weighted by atomic mass is 16.1. The second-order valence-corrected chi connectivity index (χ2v) is 4.03. The second kappa shape index (κ2) is 4.01. The number of ketones is 1. The van der Waals surface area contributed by atoms with Crippen LogP contribution in [0.5, 0.6) is 0 Å². The molecule has 0 radical (unpaired) electrons. The molecule has 3 N–H and O–H groups in total. The van der Waals surface area contributed by atoms with Crippen molar-refractivity contribution in [2.45, 2.75) is 32.9 Å². The average molecular weight is 171 g/mol. The van der Waals surface area contributed by atoms with Gasteiger partial charge in [0.25, 0.3) is 0 Å². The van der Waals surface area contributed by atoms with Crippen molar-refractivity contribution in [1.82, 2.24) is 0 Å². The van der Waals surface area contributed by atoms with Gasteiger partial charge in [0.2, 0.25) is 0 Å². The lowest BCUT2D eigenvalue weighted by molar-refractivity contribution is -0.926. The van der Waals surface area contributed by atoms with Crippen LogP contribution in [-0.2, 0) is 4.79 Å². The number of Topliss-reactive ketones (excluding diaryl/α,β-unsaturated/α-hetero) is 1. The monoisotopic (exact) mass is 171 g/mol. The van der Waals surface area contributed by atoms with Gasteiger partial charge in [0, 0.05) is 19.3 Å². The zero-order valence-corrected chi connectivity index (χ0v) is 7.97. The average Bonchev–Trinajstić information content (AvgIpc) is 1.96.